The van der Waals surface area contributed by atoms with Crippen molar-refractivity contribution >= 4 is 0 Å². The molecule has 0 fully saturated rings. The average molecular weight is 418 g/mol. The molecule has 0 N–H and O–H groups in total. The first kappa shape index (κ1) is 20.3. The van der Waals surface area contributed by atoms with Gasteiger partial charge in [-0.05, 0) is 64.8 Å². The lowest BCUT2D eigenvalue weighted by atomic mass is 9.86. The van der Waals surface area contributed by atoms with Crippen molar-refractivity contribution in [1.29, 1.82) is 0 Å². The van der Waals surface area contributed by atoms with E-state index in [-0.39, 0.29) is 5.92 Å². The molecular formula is C29H37NO. The van der Waals surface area contributed by atoms with Crippen LogP contribution in [0.1, 0.15) is 65.0 Å². The van der Waals surface area contributed by atoms with Gasteiger partial charge in [-0.1, -0.05) is 78.4 Å². The molecule has 0 spiro atoms. The van der Waals surface area contributed by atoms with Crippen LogP contribution in [0.25, 0.3) is 0 Å². The van der Waals surface area contributed by atoms with Crippen LogP contribution in [-0.2, 0) is 6.61 Å². The van der Waals surface area contributed by atoms with E-state index in [2.05, 4.69) is 61.5 Å². The zero-order valence-corrected chi connectivity index (χ0v) is 19.6. The summed E-state index contributed by atoms with van der Waals surface area (Å²) >= 11 is 0. The lowest BCUT2D eigenvalue weighted by Crippen LogP contribution is -2.38. The molecule has 0 amide bonds. The highest BCUT2D eigenvalue weighted by Crippen LogP contribution is 2.36. The molecule has 2 heteroatoms. The molecule has 3 aromatic carbocycles. The highest BCUT2D eigenvalue weighted by Gasteiger charge is 2.22. The van der Waals surface area contributed by atoms with Gasteiger partial charge in [-0.3, -0.25) is 4.90 Å². The fourth-order valence-electron chi connectivity index (χ4n) is 4.15. The quantitative estimate of drug-likeness (QED) is 0.345. The summed E-state index contributed by atoms with van der Waals surface area (Å²) in [5.41, 5.74) is 4.70. The summed E-state index contributed by atoms with van der Waals surface area (Å²) in [5, 5.41) is 0. The van der Waals surface area contributed by atoms with Crippen molar-refractivity contribution in [3.05, 3.63) is 101 Å². The van der Waals surface area contributed by atoms with Crippen molar-refractivity contribution in [3.63, 3.8) is 0 Å². The third-order valence-corrected chi connectivity index (χ3v) is 5.70. The molecule has 0 aliphatic heterocycles. The van der Waals surface area contributed by atoms with Crippen molar-refractivity contribution in [1.82, 2.24) is 4.90 Å². The summed E-state index contributed by atoms with van der Waals surface area (Å²) in [5.74, 6) is 0.990. The maximum Gasteiger partial charge on any atom is 0.123 e. The van der Waals surface area contributed by atoms with Crippen LogP contribution in [0, 0.1) is 6.92 Å². The molecule has 0 aliphatic rings. The molecule has 0 bridgehead atoms. The summed E-state index contributed by atoms with van der Waals surface area (Å²) in [4.78, 5) is 1.95. The molecule has 3 rings (SSSR count). The van der Waals surface area contributed by atoms with Gasteiger partial charge < -0.3 is 4.74 Å². The Morgan fingerprint density at radius 1 is 0.839 bits per heavy atom. The number of benzene rings is 3. The molecule has 1 atom stereocenters. The van der Waals surface area contributed by atoms with Gasteiger partial charge in [-0.25, -0.2) is 0 Å². The highest BCUT2D eigenvalue weighted by atomic mass is 16.5. The first-order chi connectivity index (χ1) is 15.6. The zero-order chi connectivity index (χ0) is 24.1. The molecule has 0 unspecified atom stereocenters. The molecule has 31 heavy (non-hydrogen) atoms. The predicted molar refractivity (Wildman–Crippen MR) is 132 cm³/mol. The predicted octanol–water partition coefficient (Wildman–Crippen LogP) is 7.21. The Balaban J connectivity index is 1.95. The largest absolute Gasteiger partial charge is 0.489 e. The van der Waals surface area contributed by atoms with Crippen LogP contribution in [0.5, 0.6) is 5.75 Å². The fraction of sp³-hybridized carbons (Fsp3) is 0.379. The summed E-state index contributed by atoms with van der Waals surface area (Å²) < 4.78 is 23.6. The van der Waals surface area contributed by atoms with E-state index in [9.17, 15) is 0 Å². The third-order valence-electron chi connectivity index (χ3n) is 5.70. The third kappa shape index (κ3) is 6.45. The molecule has 0 aliphatic carbocycles. The number of ether oxygens (including phenoxy) is 1. The molecular weight excluding hydrogens is 378 g/mol. The molecule has 3 aromatic rings. The van der Waals surface area contributed by atoms with Gasteiger partial charge in [-0.15, -0.1) is 0 Å². The number of nitrogens with zero attached hydrogens (tertiary/aromatic N) is 1. The summed E-state index contributed by atoms with van der Waals surface area (Å²) in [6.07, 6.45) is 0.791. The van der Waals surface area contributed by atoms with E-state index < -0.39 is 12.0 Å². The molecule has 0 heterocycles. The fourth-order valence-corrected chi connectivity index (χ4v) is 4.15. The van der Waals surface area contributed by atoms with Crippen LogP contribution in [0.3, 0.4) is 0 Å². The van der Waals surface area contributed by atoms with Crippen LogP contribution in [0.15, 0.2) is 78.9 Å². The van der Waals surface area contributed by atoms with Crippen molar-refractivity contribution in [3.8, 4) is 5.75 Å². The summed E-state index contributed by atoms with van der Waals surface area (Å²) in [7, 11) is 0. The Labute approximate surface area is 191 Å². The SMILES string of the molecule is [2H]C(C)(C)N(CC[C@H](c1ccccc1)c1cc(C)ccc1OCc1ccccc1)C([2H])(C)C. The lowest BCUT2D eigenvalue weighted by Gasteiger charge is -2.32. The molecule has 164 valence electrons. The van der Waals surface area contributed by atoms with Crippen molar-refractivity contribution in [2.75, 3.05) is 6.54 Å². The normalized spacial score (nSPS) is 14.1. The van der Waals surface area contributed by atoms with Gasteiger partial charge >= 0.3 is 0 Å². The number of hydrogen-bond donors (Lipinski definition) is 0. The minimum Gasteiger partial charge on any atom is -0.489 e. The van der Waals surface area contributed by atoms with E-state index in [4.69, 9.17) is 7.48 Å². The number of hydrogen-bond acceptors (Lipinski definition) is 2. The van der Waals surface area contributed by atoms with E-state index in [1.54, 1.807) is 0 Å². The Morgan fingerprint density at radius 3 is 2.06 bits per heavy atom. The topological polar surface area (TPSA) is 12.5 Å². The van der Waals surface area contributed by atoms with Gasteiger partial charge in [0.05, 0.1) is 0 Å². The second-order valence-corrected chi connectivity index (χ2v) is 8.61. The van der Waals surface area contributed by atoms with Gasteiger partial charge in [0, 0.05) is 26.3 Å². The summed E-state index contributed by atoms with van der Waals surface area (Å²) in [6, 6.07) is 25.4. The number of aryl methyl sites for hydroxylation is 1. The van der Waals surface area contributed by atoms with Gasteiger partial charge in [0.1, 0.15) is 12.4 Å². The van der Waals surface area contributed by atoms with E-state index in [0.717, 1.165) is 23.3 Å². The standard InChI is InChI=1S/C29H37NO/c1-22(2)30(23(3)4)19-18-27(26-14-10-7-11-15-26)28-20-24(5)16-17-29(28)31-21-25-12-8-6-9-13-25/h6-17,20,22-23,27H,18-19,21H2,1-5H3/t27-/m1/s1/i22D,23D. The molecule has 2 nitrogen and oxygen atoms in total. The Kier molecular flexibility index (Phi) is 7.32. The Morgan fingerprint density at radius 2 is 1.45 bits per heavy atom. The first-order valence-electron chi connectivity index (χ1n) is 12.2. The van der Waals surface area contributed by atoms with E-state index >= 15 is 0 Å². The van der Waals surface area contributed by atoms with Crippen molar-refractivity contribution < 1.29 is 7.48 Å². The second kappa shape index (κ2) is 11.2. The Bertz CT molecular complexity index is 993. The highest BCUT2D eigenvalue weighted by molar-refractivity contribution is 5.44. The van der Waals surface area contributed by atoms with Crippen LogP contribution in [-0.4, -0.2) is 23.5 Å². The van der Waals surface area contributed by atoms with Crippen LogP contribution in [0.4, 0.5) is 0 Å². The maximum absolute atomic E-state index is 8.62. The molecule has 0 radical (unpaired) electrons. The molecule has 0 saturated heterocycles. The van der Waals surface area contributed by atoms with Crippen molar-refractivity contribution in [2.45, 2.75) is 65.6 Å². The monoisotopic (exact) mass is 417 g/mol. The van der Waals surface area contributed by atoms with Crippen LogP contribution >= 0.6 is 0 Å². The van der Waals surface area contributed by atoms with Crippen molar-refractivity contribution in [2.24, 2.45) is 0 Å². The number of rotatable bonds is 10. The van der Waals surface area contributed by atoms with Crippen LogP contribution < -0.4 is 4.74 Å². The van der Waals surface area contributed by atoms with Gasteiger partial charge in [0.15, 0.2) is 0 Å². The lowest BCUT2D eigenvalue weighted by molar-refractivity contribution is 0.170. The zero-order valence-electron chi connectivity index (χ0n) is 21.6. The van der Waals surface area contributed by atoms with E-state index in [1.165, 1.54) is 11.1 Å². The minimum atomic E-state index is -0.842. The smallest absolute Gasteiger partial charge is 0.123 e. The Hall–Kier alpha value is -2.58. The first-order valence-corrected chi connectivity index (χ1v) is 11.2. The van der Waals surface area contributed by atoms with Crippen LogP contribution in [0.2, 0.25) is 0 Å². The molecule has 0 aromatic heterocycles. The van der Waals surface area contributed by atoms with E-state index in [1.807, 2.05) is 56.9 Å². The van der Waals surface area contributed by atoms with Gasteiger partial charge in [0.25, 0.3) is 0 Å². The minimum absolute atomic E-state index is 0.101. The maximum atomic E-state index is 8.62. The summed E-state index contributed by atoms with van der Waals surface area (Å²) in [6.45, 7) is 10.7. The van der Waals surface area contributed by atoms with Gasteiger partial charge in [-0.2, -0.15) is 0 Å². The molecule has 0 saturated carbocycles. The van der Waals surface area contributed by atoms with E-state index in [0.29, 0.717) is 13.2 Å². The average Bonchev–Trinajstić information content (AvgIpc) is 2.75. The second-order valence-electron chi connectivity index (χ2n) is 8.61. The van der Waals surface area contributed by atoms with Gasteiger partial charge in [0.2, 0.25) is 0 Å².